The van der Waals surface area contributed by atoms with E-state index < -0.39 is 17.8 Å². The third-order valence-electron chi connectivity index (χ3n) is 5.62. The first-order valence-electron chi connectivity index (χ1n) is 7.82. The number of carbonyl (C=O) groups is 2. The predicted octanol–water partition coefficient (Wildman–Crippen LogP) is 0.231. The van der Waals surface area contributed by atoms with Crippen molar-refractivity contribution in [3.05, 3.63) is 29.8 Å². The van der Waals surface area contributed by atoms with Crippen molar-refractivity contribution in [2.45, 2.75) is 43.1 Å². The molecule has 4 heterocycles. The van der Waals surface area contributed by atoms with Crippen LogP contribution in [0.4, 0.5) is 5.69 Å². The molecule has 1 aromatic carbocycles. The average molecular weight is 299 g/mol. The summed E-state index contributed by atoms with van der Waals surface area (Å²) in [4.78, 5) is 28.9. The second-order valence-corrected chi connectivity index (χ2v) is 6.67. The minimum absolute atomic E-state index is 0.00999. The van der Waals surface area contributed by atoms with Crippen LogP contribution in [0.15, 0.2) is 24.3 Å². The van der Waals surface area contributed by atoms with Gasteiger partial charge in [-0.1, -0.05) is 18.2 Å². The Hall–Kier alpha value is -2.08. The zero-order chi connectivity index (χ0) is 15.1. The van der Waals surface area contributed by atoms with Crippen molar-refractivity contribution in [2.75, 3.05) is 11.9 Å². The first kappa shape index (κ1) is 12.5. The number of aliphatic hydroxyl groups is 1. The Morgan fingerprint density at radius 3 is 2.86 bits per heavy atom. The second kappa shape index (κ2) is 3.81. The molecule has 0 aromatic heterocycles. The molecule has 3 fully saturated rings. The lowest BCUT2D eigenvalue weighted by molar-refractivity contribution is -0.158. The number of nitrogens with zero attached hydrogens (tertiary/aromatic N) is 2. The van der Waals surface area contributed by atoms with Gasteiger partial charge in [0.25, 0.3) is 0 Å². The van der Waals surface area contributed by atoms with Crippen molar-refractivity contribution in [1.29, 1.82) is 0 Å². The minimum Gasteiger partial charge on any atom is -0.381 e. The molecule has 0 saturated carbocycles. The summed E-state index contributed by atoms with van der Waals surface area (Å²) >= 11 is 0. The zero-order valence-electron chi connectivity index (χ0n) is 12.0. The third-order valence-corrected chi connectivity index (χ3v) is 5.62. The number of hydrogen-bond acceptors (Lipinski definition) is 4. The molecule has 5 rings (SSSR count). The lowest BCUT2D eigenvalue weighted by atomic mass is 9.91. The highest BCUT2D eigenvalue weighted by molar-refractivity contribution is 5.99. The van der Waals surface area contributed by atoms with Crippen molar-refractivity contribution < 1.29 is 14.7 Å². The van der Waals surface area contributed by atoms with Crippen LogP contribution < -0.4 is 5.32 Å². The molecule has 6 nitrogen and oxygen atoms in total. The summed E-state index contributed by atoms with van der Waals surface area (Å²) in [6.07, 6.45) is 1.35. The number of nitrogens with one attached hydrogen (secondary N) is 1. The van der Waals surface area contributed by atoms with Gasteiger partial charge in [0.15, 0.2) is 0 Å². The standard InChI is InChI=1S/C16H17N3O3/c20-13-12-8-16(22)9-4-1-2-5-10(9)17-15(16)19(12)14(21)11-6-3-7-18(11)13/h1-2,4-5,11-12,15,17,22H,3,6-8H2. The zero-order valence-corrected chi connectivity index (χ0v) is 12.0. The Kier molecular flexibility index (Phi) is 2.16. The molecular formula is C16H17N3O3. The Morgan fingerprint density at radius 2 is 2.00 bits per heavy atom. The topological polar surface area (TPSA) is 72.9 Å². The number of piperazine rings is 1. The fourth-order valence-corrected chi connectivity index (χ4v) is 4.63. The van der Waals surface area contributed by atoms with E-state index in [9.17, 15) is 14.7 Å². The molecule has 0 aliphatic carbocycles. The van der Waals surface area contributed by atoms with E-state index in [0.29, 0.717) is 6.54 Å². The van der Waals surface area contributed by atoms with Gasteiger partial charge in [-0.05, 0) is 18.9 Å². The van der Waals surface area contributed by atoms with Crippen LogP contribution in [0, 0.1) is 0 Å². The molecule has 0 radical (unpaired) electrons. The molecule has 3 saturated heterocycles. The third kappa shape index (κ3) is 1.26. The molecule has 0 spiro atoms. The highest BCUT2D eigenvalue weighted by Gasteiger charge is 2.64. The summed E-state index contributed by atoms with van der Waals surface area (Å²) in [7, 11) is 0. The minimum atomic E-state index is -1.17. The fourth-order valence-electron chi connectivity index (χ4n) is 4.63. The van der Waals surface area contributed by atoms with Crippen LogP contribution in [-0.4, -0.2) is 51.5 Å². The molecule has 4 atom stereocenters. The van der Waals surface area contributed by atoms with Gasteiger partial charge in [-0.25, -0.2) is 0 Å². The van der Waals surface area contributed by atoms with Gasteiger partial charge in [0.05, 0.1) is 0 Å². The summed E-state index contributed by atoms with van der Waals surface area (Å²) in [5.41, 5.74) is 0.462. The quantitative estimate of drug-likeness (QED) is 0.719. The maximum absolute atomic E-state index is 12.9. The Balaban J connectivity index is 1.61. The van der Waals surface area contributed by atoms with Gasteiger partial charge in [-0.3, -0.25) is 9.59 Å². The molecule has 0 bridgehead atoms. The molecular weight excluding hydrogens is 282 g/mol. The maximum Gasteiger partial charge on any atom is 0.247 e. The fraction of sp³-hybridized carbons (Fsp3) is 0.500. The van der Waals surface area contributed by atoms with Crippen molar-refractivity contribution in [2.24, 2.45) is 0 Å². The monoisotopic (exact) mass is 299 g/mol. The molecule has 114 valence electrons. The van der Waals surface area contributed by atoms with Crippen LogP contribution in [-0.2, 0) is 15.2 Å². The summed E-state index contributed by atoms with van der Waals surface area (Å²) in [6, 6.07) is 6.67. The maximum atomic E-state index is 12.9. The summed E-state index contributed by atoms with van der Waals surface area (Å²) in [5.74, 6) is -0.0347. The van der Waals surface area contributed by atoms with Crippen LogP contribution >= 0.6 is 0 Å². The van der Waals surface area contributed by atoms with Gasteiger partial charge in [0.1, 0.15) is 23.9 Å². The van der Waals surface area contributed by atoms with E-state index in [1.807, 2.05) is 24.3 Å². The highest BCUT2D eigenvalue weighted by Crippen LogP contribution is 2.51. The average Bonchev–Trinajstić information content (AvgIpc) is 3.16. The van der Waals surface area contributed by atoms with Crippen molar-refractivity contribution >= 4 is 17.5 Å². The van der Waals surface area contributed by atoms with Crippen LogP contribution in [0.25, 0.3) is 0 Å². The normalized spacial score (nSPS) is 38.5. The van der Waals surface area contributed by atoms with Gasteiger partial charge < -0.3 is 20.2 Å². The molecule has 1 aromatic rings. The molecule has 4 aliphatic rings. The number of carbonyl (C=O) groups excluding carboxylic acids is 2. The Morgan fingerprint density at radius 1 is 1.18 bits per heavy atom. The van der Waals surface area contributed by atoms with Crippen molar-refractivity contribution in [3.63, 3.8) is 0 Å². The molecule has 22 heavy (non-hydrogen) atoms. The molecule has 2 N–H and O–H groups in total. The Bertz CT molecular complexity index is 706. The number of benzene rings is 1. The van der Waals surface area contributed by atoms with Gasteiger partial charge in [0.2, 0.25) is 11.8 Å². The first-order valence-corrected chi connectivity index (χ1v) is 7.82. The highest BCUT2D eigenvalue weighted by atomic mass is 16.3. The molecule has 2 amide bonds. The largest absolute Gasteiger partial charge is 0.381 e. The number of anilines is 1. The smallest absolute Gasteiger partial charge is 0.247 e. The van der Waals surface area contributed by atoms with Crippen LogP contribution in [0.1, 0.15) is 24.8 Å². The summed E-state index contributed by atoms with van der Waals surface area (Å²) in [5, 5.41) is 14.4. The van der Waals surface area contributed by atoms with Crippen LogP contribution in [0.2, 0.25) is 0 Å². The van der Waals surface area contributed by atoms with E-state index in [1.165, 1.54) is 0 Å². The van der Waals surface area contributed by atoms with Crippen LogP contribution in [0.5, 0.6) is 0 Å². The van der Waals surface area contributed by atoms with Crippen molar-refractivity contribution in [3.8, 4) is 0 Å². The van der Waals surface area contributed by atoms with Gasteiger partial charge in [-0.15, -0.1) is 0 Å². The van der Waals surface area contributed by atoms with Crippen molar-refractivity contribution in [1.82, 2.24) is 9.80 Å². The summed E-state index contributed by atoms with van der Waals surface area (Å²) in [6.45, 7) is 0.659. The number of rotatable bonds is 0. The van der Waals surface area contributed by atoms with E-state index in [4.69, 9.17) is 0 Å². The number of para-hydroxylation sites is 1. The van der Waals surface area contributed by atoms with Gasteiger partial charge >= 0.3 is 0 Å². The SMILES string of the molecule is O=C1C2CC3(O)c4ccccc4NC3N2C(=O)C2CCCN12. The lowest BCUT2D eigenvalue weighted by Crippen LogP contribution is -2.63. The molecule has 4 unspecified atom stereocenters. The predicted molar refractivity (Wildman–Crippen MR) is 77.7 cm³/mol. The van der Waals surface area contributed by atoms with Gasteiger partial charge in [-0.2, -0.15) is 0 Å². The Labute approximate surface area is 127 Å². The number of amides is 2. The first-order chi connectivity index (χ1) is 10.6. The van der Waals surface area contributed by atoms with E-state index in [-0.39, 0.29) is 24.3 Å². The second-order valence-electron chi connectivity index (χ2n) is 6.67. The van der Waals surface area contributed by atoms with E-state index >= 15 is 0 Å². The number of hydrogen-bond donors (Lipinski definition) is 2. The van der Waals surface area contributed by atoms with Crippen LogP contribution in [0.3, 0.4) is 0 Å². The molecule has 4 aliphatic heterocycles. The number of fused-ring (bicyclic) bond motifs is 6. The van der Waals surface area contributed by atoms with E-state index in [1.54, 1.807) is 9.80 Å². The van der Waals surface area contributed by atoms with Gasteiger partial charge in [0, 0.05) is 24.2 Å². The molecule has 6 heteroatoms. The lowest BCUT2D eigenvalue weighted by Gasteiger charge is -2.40. The summed E-state index contributed by atoms with van der Waals surface area (Å²) < 4.78 is 0. The van der Waals surface area contributed by atoms with E-state index in [2.05, 4.69) is 5.32 Å². The van der Waals surface area contributed by atoms with E-state index in [0.717, 1.165) is 24.1 Å².